The highest BCUT2D eigenvalue weighted by Gasteiger charge is 2.14. The minimum atomic E-state index is -0.415. The van der Waals surface area contributed by atoms with Gasteiger partial charge in [0.25, 0.3) is 11.8 Å². The van der Waals surface area contributed by atoms with Crippen LogP contribution in [0.3, 0.4) is 0 Å². The Morgan fingerprint density at radius 1 is 0.654 bits per heavy atom. The fraction of sp³-hybridized carbons (Fsp3) is 0.444. The molecule has 0 aromatic heterocycles. The summed E-state index contributed by atoms with van der Waals surface area (Å²) in [4.78, 5) is 40.2. The molecular formula is C18H28N6O2. The molecule has 0 aliphatic heterocycles. The predicted octanol–water partition coefficient (Wildman–Crippen LogP) is 0.925. The zero-order chi connectivity index (χ0) is 20.0. The first-order valence-corrected chi connectivity index (χ1v) is 8.10. The zero-order valence-corrected chi connectivity index (χ0v) is 16.8. The molecule has 8 heteroatoms. The maximum atomic E-state index is 12.5. The number of aliphatic imine (C=N–C) groups is 2. The molecule has 0 saturated carbocycles. The van der Waals surface area contributed by atoms with Gasteiger partial charge in [0.1, 0.15) is 0 Å². The summed E-state index contributed by atoms with van der Waals surface area (Å²) in [5.41, 5.74) is 0.673. The molecule has 26 heavy (non-hydrogen) atoms. The Kier molecular flexibility index (Phi) is 7.30. The predicted molar refractivity (Wildman–Crippen MR) is 105 cm³/mol. The highest BCUT2D eigenvalue weighted by molar-refractivity contribution is 6.06. The van der Waals surface area contributed by atoms with E-state index in [0.717, 1.165) is 0 Å². The summed E-state index contributed by atoms with van der Waals surface area (Å²) in [7, 11) is 14.5. The molecular weight excluding hydrogens is 332 g/mol. The molecule has 0 aliphatic rings. The molecule has 0 N–H and O–H groups in total. The number of hydrogen-bond donors (Lipinski definition) is 0. The number of hydrogen-bond acceptors (Lipinski definition) is 2. The quantitative estimate of drug-likeness (QED) is 0.577. The van der Waals surface area contributed by atoms with Crippen molar-refractivity contribution in [3.8, 4) is 0 Å². The van der Waals surface area contributed by atoms with Crippen molar-refractivity contribution in [1.29, 1.82) is 0 Å². The van der Waals surface area contributed by atoms with Crippen molar-refractivity contribution in [1.82, 2.24) is 19.6 Å². The Morgan fingerprint density at radius 3 is 1.23 bits per heavy atom. The molecule has 0 bridgehead atoms. The second-order valence-electron chi connectivity index (χ2n) is 6.59. The van der Waals surface area contributed by atoms with Gasteiger partial charge in [0.15, 0.2) is 0 Å². The maximum Gasteiger partial charge on any atom is 0.280 e. The van der Waals surface area contributed by atoms with Crippen LogP contribution in [0, 0.1) is 0 Å². The van der Waals surface area contributed by atoms with Gasteiger partial charge in [-0.05, 0) is 18.2 Å². The summed E-state index contributed by atoms with van der Waals surface area (Å²) < 4.78 is 0. The lowest BCUT2D eigenvalue weighted by Crippen LogP contribution is -2.36. The van der Waals surface area contributed by atoms with E-state index in [1.807, 2.05) is 56.4 Å². The van der Waals surface area contributed by atoms with Gasteiger partial charge >= 0.3 is 0 Å². The third-order valence-electron chi connectivity index (χ3n) is 3.36. The molecule has 0 fully saturated rings. The molecule has 0 heterocycles. The summed E-state index contributed by atoms with van der Waals surface area (Å²) >= 11 is 0. The number of rotatable bonds is 2. The molecule has 1 aromatic carbocycles. The van der Waals surface area contributed by atoms with Crippen molar-refractivity contribution in [3.05, 3.63) is 35.4 Å². The third kappa shape index (κ3) is 5.58. The number of nitrogens with zero attached hydrogens (tertiary/aromatic N) is 6. The van der Waals surface area contributed by atoms with Crippen LogP contribution < -0.4 is 0 Å². The van der Waals surface area contributed by atoms with Gasteiger partial charge in [0, 0.05) is 67.5 Å². The largest absolute Gasteiger partial charge is 0.349 e. The minimum absolute atomic E-state index is 0.337. The van der Waals surface area contributed by atoms with Gasteiger partial charge in [-0.1, -0.05) is 6.07 Å². The average Bonchev–Trinajstić information content (AvgIpc) is 2.55. The van der Waals surface area contributed by atoms with Crippen molar-refractivity contribution in [2.45, 2.75) is 0 Å². The number of guanidine groups is 2. The van der Waals surface area contributed by atoms with Gasteiger partial charge in [-0.3, -0.25) is 9.59 Å². The van der Waals surface area contributed by atoms with Crippen LogP contribution in [0.1, 0.15) is 20.7 Å². The molecule has 0 aliphatic carbocycles. The highest BCUT2D eigenvalue weighted by atomic mass is 16.2. The van der Waals surface area contributed by atoms with E-state index in [9.17, 15) is 9.59 Å². The lowest BCUT2D eigenvalue weighted by atomic mass is 10.1. The van der Waals surface area contributed by atoms with E-state index in [-0.39, 0.29) is 0 Å². The molecule has 2 amide bonds. The lowest BCUT2D eigenvalue weighted by Gasteiger charge is -2.22. The molecule has 0 radical (unpaired) electrons. The SMILES string of the molecule is CN(C)C(=NC(=O)c1cccc(C(=O)N=C(N(C)C)N(C)C)c1)N(C)C. The van der Waals surface area contributed by atoms with E-state index in [4.69, 9.17) is 0 Å². The fourth-order valence-electron chi connectivity index (χ4n) is 2.30. The van der Waals surface area contributed by atoms with Gasteiger partial charge < -0.3 is 19.6 Å². The van der Waals surface area contributed by atoms with E-state index in [2.05, 4.69) is 9.98 Å². The summed E-state index contributed by atoms with van der Waals surface area (Å²) in [5, 5.41) is 0. The summed E-state index contributed by atoms with van der Waals surface area (Å²) in [5.74, 6) is 0.211. The zero-order valence-electron chi connectivity index (χ0n) is 16.8. The van der Waals surface area contributed by atoms with Crippen molar-refractivity contribution >= 4 is 23.7 Å². The first kappa shape index (κ1) is 21.1. The van der Waals surface area contributed by atoms with Gasteiger partial charge in [0.05, 0.1) is 0 Å². The van der Waals surface area contributed by atoms with Crippen LogP contribution in [-0.4, -0.2) is 99.7 Å². The number of amides is 2. The Hall–Kier alpha value is -2.90. The minimum Gasteiger partial charge on any atom is -0.349 e. The smallest absolute Gasteiger partial charge is 0.280 e. The van der Waals surface area contributed by atoms with Crippen molar-refractivity contribution in [3.63, 3.8) is 0 Å². The second kappa shape index (κ2) is 8.98. The maximum absolute atomic E-state index is 12.5. The van der Waals surface area contributed by atoms with E-state index >= 15 is 0 Å². The van der Waals surface area contributed by atoms with Crippen LogP contribution >= 0.6 is 0 Å². The lowest BCUT2D eigenvalue weighted by molar-refractivity contribution is 0.0998. The van der Waals surface area contributed by atoms with Crippen molar-refractivity contribution in [2.24, 2.45) is 9.98 Å². The third-order valence-corrected chi connectivity index (χ3v) is 3.36. The molecule has 0 unspecified atom stereocenters. The van der Waals surface area contributed by atoms with Crippen LogP contribution in [0.5, 0.6) is 0 Å². The Balaban J connectivity index is 3.19. The van der Waals surface area contributed by atoms with Crippen LogP contribution in [0.2, 0.25) is 0 Å². The van der Waals surface area contributed by atoms with Crippen LogP contribution in [0.15, 0.2) is 34.3 Å². The van der Waals surface area contributed by atoms with Crippen molar-refractivity contribution < 1.29 is 9.59 Å². The highest BCUT2D eigenvalue weighted by Crippen LogP contribution is 2.10. The summed E-state index contributed by atoms with van der Waals surface area (Å²) in [6.45, 7) is 0. The van der Waals surface area contributed by atoms with E-state index in [0.29, 0.717) is 23.0 Å². The molecule has 0 saturated heterocycles. The second-order valence-corrected chi connectivity index (χ2v) is 6.59. The standard InChI is InChI=1S/C18H28N6O2/c1-21(2)17(22(3)4)19-15(25)13-10-9-11-14(12-13)16(26)20-18(23(5)6)24(7)8/h9-12H,1-8H3. The van der Waals surface area contributed by atoms with Gasteiger partial charge in [-0.2, -0.15) is 9.98 Å². The monoisotopic (exact) mass is 360 g/mol. The van der Waals surface area contributed by atoms with Crippen LogP contribution in [0.25, 0.3) is 0 Å². The van der Waals surface area contributed by atoms with Gasteiger partial charge in [-0.25, -0.2) is 0 Å². The van der Waals surface area contributed by atoms with Gasteiger partial charge in [-0.15, -0.1) is 0 Å². The number of carbonyl (C=O) groups is 2. The number of benzene rings is 1. The first-order chi connectivity index (χ1) is 12.0. The molecule has 0 atom stereocenters. The molecule has 8 nitrogen and oxygen atoms in total. The van der Waals surface area contributed by atoms with E-state index in [1.54, 1.807) is 37.8 Å². The van der Waals surface area contributed by atoms with Crippen LogP contribution in [0.4, 0.5) is 0 Å². The van der Waals surface area contributed by atoms with E-state index < -0.39 is 11.8 Å². The van der Waals surface area contributed by atoms with Crippen molar-refractivity contribution in [2.75, 3.05) is 56.4 Å². The average molecular weight is 360 g/mol. The first-order valence-electron chi connectivity index (χ1n) is 8.10. The molecule has 1 rings (SSSR count). The number of carbonyl (C=O) groups excluding carboxylic acids is 2. The summed E-state index contributed by atoms with van der Waals surface area (Å²) in [6, 6.07) is 6.44. The Labute approximate surface area is 155 Å². The molecule has 1 aromatic rings. The fourth-order valence-corrected chi connectivity index (χ4v) is 2.30. The van der Waals surface area contributed by atoms with Gasteiger partial charge in [0.2, 0.25) is 11.9 Å². The van der Waals surface area contributed by atoms with E-state index in [1.165, 1.54) is 6.07 Å². The Bertz CT molecular complexity index is 643. The van der Waals surface area contributed by atoms with Crippen LogP contribution in [-0.2, 0) is 0 Å². The normalized spacial score (nSPS) is 9.85. The topological polar surface area (TPSA) is 71.8 Å². The summed E-state index contributed by atoms with van der Waals surface area (Å²) in [6.07, 6.45) is 0. The molecule has 0 spiro atoms. The Morgan fingerprint density at radius 2 is 0.962 bits per heavy atom. The molecule has 142 valence electrons.